The highest BCUT2D eigenvalue weighted by molar-refractivity contribution is 14.1. The lowest BCUT2D eigenvalue weighted by Crippen LogP contribution is -2.24. The number of ether oxygens (including phenoxy) is 1. The number of nitrogens with zero attached hydrogens (tertiary/aromatic N) is 1. The number of rotatable bonds is 0. The highest BCUT2D eigenvalue weighted by Gasteiger charge is 2.27. The zero-order valence-electron chi connectivity index (χ0n) is 7.76. The van der Waals surface area contributed by atoms with E-state index in [1.807, 2.05) is 0 Å². The molecule has 0 amide bonds. The van der Waals surface area contributed by atoms with Crippen molar-refractivity contribution in [2.45, 2.75) is 30.3 Å². The molecule has 0 fully saturated rings. The van der Waals surface area contributed by atoms with Gasteiger partial charge in [-0.15, -0.1) is 11.3 Å². The van der Waals surface area contributed by atoms with Gasteiger partial charge in [-0.05, 0) is 13.8 Å². The van der Waals surface area contributed by atoms with Crippen molar-refractivity contribution in [3.63, 3.8) is 0 Å². The Kier molecular flexibility index (Phi) is 2.63. The third kappa shape index (κ3) is 2.22. The first-order valence-corrected chi connectivity index (χ1v) is 6.18. The summed E-state index contributed by atoms with van der Waals surface area (Å²) in [5.41, 5.74) is 1.25. The fraction of sp³-hybridized carbons (Fsp3) is 0.667. The standard InChI is InChI=1S/C9H12INOS/c1-6-11-7-3-9(2,10)5-12-4-8(7)13-6/h3-5H2,1-2H3. The van der Waals surface area contributed by atoms with Crippen LogP contribution in [0.3, 0.4) is 0 Å². The van der Waals surface area contributed by atoms with E-state index in [-0.39, 0.29) is 3.42 Å². The van der Waals surface area contributed by atoms with Gasteiger partial charge in [0.15, 0.2) is 0 Å². The minimum absolute atomic E-state index is 0.212. The molecule has 2 rings (SSSR count). The molecule has 0 saturated heterocycles. The molecule has 1 aromatic rings. The predicted molar refractivity (Wildman–Crippen MR) is 62.6 cm³/mol. The molecule has 0 aliphatic carbocycles. The average Bonchev–Trinajstić information content (AvgIpc) is 2.23. The number of halogens is 1. The number of aromatic nitrogens is 1. The normalized spacial score (nSPS) is 28.2. The van der Waals surface area contributed by atoms with E-state index in [9.17, 15) is 0 Å². The quantitative estimate of drug-likeness (QED) is 0.543. The predicted octanol–water partition coefficient (Wildman–Crippen LogP) is 2.72. The molecule has 0 spiro atoms. The maximum absolute atomic E-state index is 5.61. The summed E-state index contributed by atoms with van der Waals surface area (Å²) in [7, 11) is 0. The SMILES string of the molecule is Cc1nc2c(s1)COCC(C)(I)C2. The molecule has 0 N–H and O–H groups in total. The van der Waals surface area contributed by atoms with Crippen molar-refractivity contribution in [1.82, 2.24) is 4.98 Å². The van der Waals surface area contributed by atoms with Gasteiger partial charge in [-0.2, -0.15) is 0 Å². The van der Waals surface area contributed by atoms with Crippen LogP contribution in [-0.2, 0) is 17.8 Å². The fourth-order valence-corrected chi connectivity index (χ4v) is 2.99. The lowest BCUT2D eigenvalue weighted by Gasteiger charge is -2.18. The van der Waals surface area contributed by atoms with E-state index in [4.69, 9.17) is 4.74 Å². The third-order valence-electron chi connectivity index (χ3n) is 2.06. The monoisotopic (exact) mass is 309 g/mol. The van der Waals surface area contributed by atoms with Gasteiger partial charge in [0.1, 0.15) is 0 Å². The van der Waals surface area contributed by atoms with Gasteiger partial charge in [-0.1, -0.05) is 22.6 Å². The Labute approximate surface area is 95.9 Å². The van der Waals surface area contributed by atoms with Crippen LogP contribution >= 0.6 is 33.9 Å². The summed E-state index contributed by atoms with van der Waals surface area (Å²) in [5, 5.41) is 1.16. The van der Waals surface area contributed by atoms with E-state index >= 15 is 0 Å². The highest BCUT2D eigenvalue weighted by atomic mass is 127. The van der Waals surface area contributed by atoms with Crippen LogP contribution in [0, 0.1) is 6.92 Å². The molecule has 0 aromatic carbocycles. The number of fused-ring (bicyclic) bond motifs is 1. The first kappa shape index (κ1) is 9.86. The van der Waals surface area contributed by atoms with Crippen LogP contribution in [-0.4, -0.2) is 15.0 Å². The number of hydrogen-bond donors (Lipinski definition) is 0. The third-order valence-corrected chi connectivity index (χ3v) is 3.74. The van der Waals surface area contributed by atoms with Gasteiger partial charge in [0.2, 0.25) is 0 Å². The summed E-state index contributed by atoms with van der Waals surface area (Å²) in [6.45, 7) is 5.86. The Morgan fingerprint density at radius 2 is 2.38 bits per heavy atom. The van der Waals surface area contributed by atoms with Crippen molar-refractivity contribution in [3.8, 4) is 0 Å². The Morgan fingerprint density at radius 1 is 1.62 bits per heavy atom. The molecule has 1 atom stereocenters. The van der Waals surface area contributed by atoms with E-state index in [0.717, 1.165) is 24.6 Å². The number of aryl methyl sites for hydroxylation is 1. The maximum Gasteiger partial charge on any atom is 0.0901 e. The van der Waals surface area contributed by atoms with Crippen molar-refractivity contribution in [3.05, 3.63) is 15.6 Å². The second-order valence-corrected chi connectivity index (χ2v) is 7.58. The number of alkyl halides is 1. The molecule has 4 heteroatoms. The highest BCUT2D eigenvalue weighted by Crippen LogP contribution is 2.31. The van der Waals surface area contributed by atoms with Crippen LogP contribution in [0.1, 0.15) is 22.5 Å². The molecule has 1 aliphatic heterocycles. The van der Waals surface area contributed by atoms with Crippen LogP contribution in [0.4, 0.5) is 0 Å². The molecule has 1 aliphatic rings. The lowest BCUT2D eigenvalue weighted by atomic mass is 10.1. The van der Waals surface area contributed by atoms with Gasteiger partial charge >= 0.3 is 0 Å². The molecule has 13 heavy (non-hydrogen) atoms. The molecule has 2 heterocycles. The van der Waals surface area contributed by atoms with E-state index in [0.29, 0.717) is 0 Å². The van der Waals surface area contributed by atoms with Crippen LogP contribution < -0.4 is 0 Å². The van der Waals surface area contributed by atoms with E-state index < -0.39 is 0 Å². The smallest absolute Gasteiger partial charge is 0.0901 e. The van der Waals surface area contributed by atoms with Gasteiger partial charge in [-0.3, -0.25) is 0 Å². The van der Waals surface area contributed by atoms with Gasteiger partial charge in [0.05, 0.1) is 28.8 Å². The first-order chi connectivity index (χ1) is 6.07. The first-order valence-electron chi connectivity index (χ1n) is 4.29. The topological polar surface area (TPSA) is 22.1 Å². The molecule has 1 aromatic heterocycles. The molecule has 1 unspecified atom stereocenters. The van der Waals surface area contributed by atoms with Crippen LogP contribution in [0.2, 0.25) is 0 Å². The van der Waals surface area contributed by atoms with Crippen LogP contribution in [0.5, 0.6) is 0 Å². The average molecular weight is 309 g/mol. The molecular weight excluding hydrogens is 297 g/mol. The molecule has 0 bridgehead atoms. The van der Waals surface area contributed by atoms with Gasteiger partial charge < -0.3 is 4.74 Å². The van der Waals surface area contributed by atoms with Crippen molar-refractivity contribution < 1.29 is 4.74 Å². The zero-order valence-corrected chi connectivity index (χ0v) is 10.7. The van der Waals surface area contributed by atoms with Crippen molar-refractivity contribution >= 4 is 33.9 Å². The summed E-state index contributed by atoms with van der Waals surface area (Å²) in [5.74, 6) is 0. The van der Waals surface area contributed by atoms with E-state index in [1.165, 1.54) is 10.6 Å². The second kappa shape index (κ2) is 3.47. The minimum atomic E-state index is 0.212. The second-order valence-electron chi connectivity index (χ2n) is 3.69. The van der Waals surface area contributed by atoms with E-state index in [1.54, 1.807) is 11.3 Å². The van der Waals surface area contributed by atoms with Crippen LogP contribution in [0.25, 0.3) is 0 Å². The summed E-state index contributed by atoms with van der Waals surface area (Å²) in [6.07, 6.45) is 1.03. The Balaban J connectivity index is 2.33. The lowest BCUT2D eigenvalue weighted by molar-refractivity contribution is 0.115. The van der Waals surface area contributed by atoms with Crippen LogP contribution in [0.15, 0.2) is 0 Å². The Hall–Kier alpha value is 0.320. The minimum Gasteiger partial charge on any atom is -0.374 e. The summed E-state index contributed by atoms with van der Waals surface area (Å²) >= 11 is 4.23. The largest absolute Gasteiger partial charge is 0.374 e. The van der Waals surface area contributed by atoms with Gasteiger partial charge in [0.25, 0.3) is 0 Å². The summed E-state index contributed by atoms with van der Waals surface area (Å²) < 4.78 is 5.82. The summed E-state index contributed by atoms with van der Waals surface area (Å²) in [6, 6.07) is 0. The maximum atomic E-state index is 5.61. The Morgan fingerprint density at radius 3 is 3.15 bits per heavy atom. The van der Waals surface area contributed by atoms with Gasteiger partial charge in [0, 0.05) is 9.84 Å². The molecular formula is C9H12INOS. The summed E-state index contributed by atoms with van der Waals surface area (Å²) in [4.78, 5) is 5.86. The van der Waals surface area contributed by atoms with E-state index in [2.05, 4.69) is 41.4 Å². The molecule has 2 nitrogen and oxygen atoms in total. The number of thiazole rings is 1. The van der Waals surface area contributed by atoms with Crippen molar-refractivity contribution in [2.24, 2.45) is 0 Å². The zero-order chi connectivity index (χ0) is 9.47. The van der Waals surface area contributed by atoms with Crippen molar-refractivity contribution in [2.75, 3.05) is 6.61 Å². The molecule has 0 saturated carbocycles. The number of hydrogen-bond acceptors (Lipinski definition) is 3. The fourth-order valence-electron chi connectivity index (χ4n) is 1.52. The van der Waals surface area contributed by atoms with Gasteiger partial charge in [-0.25, -0.2) is 4.98 Å². The molecule has 0 radical (unpaired) electrons. The Bertz CT molecular complexity index is 321. The van der Waals surface area contributed by atoms with Crippen molar-refractivity contribution in [1.29, 1.82) is 0 Å². The molecule has 72 valence electrons.